The average Bonchev–Trinajstić information content (AvgIpc) is 3.16. The Labute approximate surface area is 156 Å². The molecule has 0 spiro atoms. The Hall–Kier alpha value is -1.77. The van der Waals surface area contributed by atoms with Crippen LogP contribution in [-0.2, 0) is 9.84 Å². The van der Waals surface area contributed by atoms with Crippen LogP contribution in [0, 0.1) is 0 Å². The molecule has 2 aromatic rings. The fraction of sp³-hybridized carbons (Fsp3) is 0.444. The van der Waals surface area contributed by atoms with E-state index in [2.05, 4.69) is 9.88 Å². The van der Waals surface area contributed by atoms with Crippen LogP contribution in [0.4, 0.5) is 5.13 Å². The number of thiazole rings is 1. The summed E-state index contributed by atoms with van der Waals surface area (Å²) in [6.45, 7) is 0. The summed E-state index contributed by atoms with van der Waals surface area (Å²) >= 11 is 1.34. The maximum atomic E-state index is 12.8. The molecule has 1 aromatic heterocycles. The summed E-state index contributed by atoms with van der Waals surface area (Å²) in [7, 11) is -3.36. The first-order valence-corrected chi connectivity index (χ1v) is 11.3. The third-order valence-corrected chi connectivity index (χ3v) is 7.29. The van der Waals surface area contributed by atoms with Gasteiger partial charge in [-0.3, -0.25) is 4.79 Å². The lowest BCUT2D eigenvalue weighted by atomic mass is 10.0. The van der Waals surface area contributed by atoms with Gasteiger partial charge in [-0.25, -0.2) is 13.4 Å². The zero-order valence-corrected chi connectivity index (χ0v) is 16.0. The molecule has 4 rings (SSSR count). The lowest BCUT2D eigenvalue weighted by Gasteiger charge is -2.36. The molecule has 0 aliphatic carbocycles. The number of anilines is 1. The van der Waals surface area contributed by atoms with Crippen LogP contribution in [-0.4, -0.2) is 48.7 Å². The molecule has 0 unspecified atom stereocenters. The minimum absolute atomic E-state index is 0.135. The number of hydrogen-bond donors (Lipinski definition) is 1. The van der Waals surface area contributed by atoms with Crippen LogP contribution in [0.15, 0.2) is 35.4 Å². The first-order chi connectivity index (χ1) is 12.3. The van der Waals surface area contributed by atoms with Crippen molar-refractivity contribution in [1.29, 1.82) is 0 Å². The molecule has 0 amide bonds. The van der Waals surface area contributed by atoms with E-state index in [1.165, 1.54) is 23.5 Å². The number of hydrogen-bond acceptors (Lipinski definition) is 7. The van der Waals surface area contributed by atoms with Gasteiger partial charge in [0.15, 0.2) is 15.0 Å². The second kappa shape index (κ2) is 6.44. The first kappa shape index (κ1) is 17.6. The van der Waals surface area contributed by atoms with Gasteiger partial charge in [-0.05, 0) is 37.8 Å². The van der Waals surface area contributed by atoms with Crippen molar-refractivity contribution < 1.29 is 18.3 Å². The number of aromatic nitrogens is 1. The molecule has 8 heteroatoms. The highest BCUT2D eigenvalue weighted by atomic mass is 32.2. The number of piperidine rings is 1. The molecule has 2 fully saturated rings. The van der Waals surface area contributed by atoms with Gasteiger partial charge in [-0.2, -0.15) is 0 Å². The molecule has 6 nitrogen and oxygen atoms in total. The van der Waals surface area contributed by atoms with E-state index in [-0.39, 0.29) is 28.9 Å². The zero-order chi connectivity index (χ0) is 18.5. The van der Waals surface area contributed by atoms with Crippen LogP contribution >= 0.6 is 11.3 Å². The Balaban J connectivity index is 1.60. The number of nitrogens with zero attached hydrogens (tertiary/aromatic N) is 2. The Morgan fingerprint density at radius 2 is 1.96 bits per heavy atom. The predicted molar refractivity (Wildman–Crippen MR) is 99.6 cm³/mol. The number of ketones is 1. The molecule has 2 aliphatic rings. The van der Waals surface area contributed by atoms with E-state index in [0.717, 1.165) is 37.1 Å². The summed E-state index contributed by atoms with van der Waals surface area (Å²) in [6, 6.07) is 6.67. The predicted octanol–water partition coefficient (Wildman–Crippen LogP) is 2.27. The Morgan fingerprint density at radius 1 is 1.27 bits per heavy atom. The maximum absolute atomic E-state index is 12.8. The molecule has 3 heterocycles. The van der Waals surface area contributed by atoms with Crippen molar-refractivity contribution in [2.24, 2.45) is 0 Å². The van der Waals surface area contributed by atoms with Crippen molar-refractivity contribution in [2.45, 2.75) is 48.8 Å². The standard InChI is InChI=1S/C18H20N2O4S2/c1-26(23,24)15-4-2-3-11(7-15)17(22)16-10-19-18(25-16)20-12-5-6-13(20)9-14(21)8-12/h2-4,7,10,12-14,21H,5-6,8-9H2,1H3/t12-,13+,14-. The second-order valence-electron chi connectivity index (χ2n) is 7.05. The number of aliphatic hydroxyl groups is 1. The van der Waals surface area contributed by atoms with Crippen LogP contribution in [0.25, 0.3) is 0 Å². The highest BCUT2D eigenvalue weighted by Gasteiger charge is 2.41. The molecular weight excluding hydrogens is 372 g/mol. The summed E-state index contributed by atoms with van der Waals surface area (Å²) in [5.74, 6) is -0.219. The van der Waals surface area contributed by atoms with Gasteiger partial charge in [-0.1, -0.05) is 23.5 Å². The van der Waals surface area contributed by atoms with Crippen LogP contribution in [0.1, 0.15) is 40.9 Å². The number of sulfone groups is 1. The van der Waals surface area contributed by atoms with E-state index < -0.39 is 9.84 Å². The smallest absolute Gasteiger partial charge is 0.204 e. The summed E-state index contributed by atoms with van der Waals surface area (Å²) in [6.07, 6.45) is 6.03. The Morgan fingerprint density at radius 3 is 2.62 bits per heavy atom. The topological polar surface area (TPSA) is 87.6 Å². The van der Waals surface area contributed by atoms with Crippen LogP contribution in [0.2, 0.25) is 0 Å². The number of carbonyl (C=O) groups excluding carboxylic acids is 1. The molecule has 3 atom stereocenters. The van der Waals surface area contributed by atoms with E-state index in [4.69, 9.17) is 0 Å². The zero-order valence-electron chi connectivity index (χ0n) is 14.3. The van der Waals surface area contributed by atoms with E-state index >= 15 is 0 Å². The SMILES string of the molecule is CS(=O)(=O)c1cccc(C(=O)c2cnc(N3[C@@H]4CC[C@H]3C[C@H](O)C4)s2)c1. The molecule has 26 heavy (non-hydrogen) atoms. The lowest BCUT2D eigenvalue weighted by Crippen LogP contribution is -2.44. The van der Waals surface area contributed by atoms with Crippen molar-refractivity contribution >= 4 is 32.1 Å². The molecule has 2 aliphatic heterocycles. The summed E-state index contributed by atoms with van der Waals surface area (Å²) in [5.41, 5.74) is 0.347. The van der Waals surface area contributed by atoms with Gasteiger partial charge < -0.3 is 10.0 Å². The van der Waals surface area contributed by atoms with Crippen molar-refractivity contribution in [3.63, 3.8) is 0 Å². The highest BCUT2D eigenvalue weighted by Crippen LogP contribution is 2.41. The van der Waals surface area contributed by atoms with Gasteiger partial charge >= 0.3 is 0 Å². The molecular formula is C18H20N2O4S2. The molecule has 2 bridgehead atoms. The lowest BCUT2D eigenvalue weighted by molar-refractivity contribution is 0.104. The second-order valence-corrected chi connectivity index (χ2v) is 10.1. The number of benzene rings is 1. The maximum Gasteiger partial charge on any atom is 0.204 e. The number of aliphatic hydroxyl groups excluding tert-OH is 1. The molecule has 138 valence electrons. The number of fused-ring (bicyclic) bond motifs is 2. The quantitative estimate of drug-likeness (QED) is 0.803. The van der Waals surface area contributed by atoms with E-state index in [1.807, 2.05) is 0 Å². The first-order valence-electron chi connectivity index (χ1n) is 8.60. The van der Waals surface area contributed by atoms with Gasteiger partial charge in [0.1, 0.15) is 0 Å². The van der Waals surface area contributed by atoms with Gasteiger partial charge in [0.25, 0.3) is 0 Å². The largest absolute Gasteiger partial charge is 0.393 e. The minimum Gasteiger partial charge on any atom is -0.393 e. The third kappa shape index (κ3) is 3.17. The summed E-state index contributed by atoms with van der Waals surface area (Å²) in [5, 5.41) is 10.8. The van der Waals surface area contributed by atoms with Crippen molar-refractivity contribution in [3.8, 4) is 0 Å². The van der Waals surface area contributed by atoms with Gasteiger partial charge in [0.05, 0.1) is 22.1 Å². The minimum atomic E-state index is -3.36. The molecule has 0 saturated carbocycles. The van der Waals surface area contributed by atoms with Crippen molar-refractivity contribution in [2.75, 3.05) is 11.2 Å². The van der Waals surface area contributed by atoms with E-state index in [9.17, 15) is 18.3 Å². The van der Waals surface area contributed by atoms with Gasteiger partial charge in [-0.15, -0.1) is 0 Å². The Bertz CT molecular complexity index is 940. The summed E-state index contributed by atoms with van der Waals surface area (Å²) < 4.78 is 23.4. The number of carbonyl (C=O) groups is 1. The van der Waals surface area contributed by atoms with Crippen LogP contribution < -0.4 is 4.90 Å². The average molecular weight is 393 g/mol. The fourth-order valence-electron chi connectivity index (χ4n) is 3.96. The Kier molecular flexibility index (Phi) is 4.37. The monoisotopic (exact) mass is 392 g/mol. The van der Waals surface area contributed by atoms with E-state index in [1.54, 1.807) is 18.3 Å². The van der Waals surface area contributed by atoms with Crippen LogP contribution in [0.5, 0.6) is 0 Å². The summed E-state index contributed by atoms with van der Waals surface area (Å²) in [4.78, 5) is 20.1. The van der Waals surface area contributed by atoms with Crippen LogP contribution in [0.3, 0.4) is 0 Å². The highest BCUT2D eigenvalue weighted by molar-refractivity contribution is 7.90. The van der Waals surface area contributed by atoms with Crippen molar-refractivity contribution in [1.82, 2.24) is 4.98 Å². The molecule has 0 radical (unpaired) electrons. The normalized spacial score (nSPS) is 25.5. The van der Waals surface area contributed by atoms with E-state index in [0.29, 0.717) is 10.4 Å². The van der Waals surface area contributed by atoms with Gasteiger partial charge in [0.2, 0.25) is 5.78 Å². The third-order valence-electron chi connectivity index (χ3n) is 5.17. The molecule has 1 aromatic carbocycles. The molecule has 1 N–H and O–H groups in total. The fourth-order valence-corrected chi connectivity index (χ4v) is 5.65. The number of rotatable bonds is 4. The molecule has 2 saturated heterocycles. The van der Waals surface area contributed by atoms with Gasteiger partial charge in [0, 0.05) is 23.9 Å². The van der Waals surface area contributed by atoms with Crippen molar-refractivity contribution in [3.05, 3.63) is 40.9 Å².